The standard InChI is InChI=1S/C18H22N2O2/c1-12-5-4-6-16(14(12)3)17(10-18(21)22)20-11-15-7-8-19-13(2)9-15/h4-9,17,20H,10-11H2,1-3H3,(H,21,22)/t17-/m1/s1. The molecular weight excluding hydrogens is 276 g/mol. The second kappa shape index (κ2) is 7.18. The normalized spacial score (nSPS) is 12.1. The van der Waals surface area contributed by atoms with E-state index in [9.17, 15) is 9.90 Å². The summed E-state index contributed by atoms with van der Waals surface area (Å²) in [6, 6.07) is 9.77. The average molecular weight is 298 g/mol. The summed E-state index contributed by atoms with van der Waals surface area (Å²) in [6.07, 6.45) is 1.84. The van der Waals surface area contributed by atoms with Gasteiger partial charge in [-0.1, -0.05) is 18.2 Å². The van der Waals surface area contributed by atoms with Crippen molar-refractivity contribution in [2.75, 3.05) is 0 Å². The molecule has 0 fully saturated rings. The van der Waals surface area contributed by atoms with Gasteiger partial charge in [0.05, 0.1) is 6.42 Å². The molecule has 0 aliphatic rings. The number of nitrogens with one attached hydrogen (secondary N) is 1. The molecule has 0 bridgehead atoms. The summed E-state index contributed by atoms with van der Waals surface area (Å²) < 4.78 is 0. The zero-order valence-electron chi connectivity index (χ0n) is 13.3. The smallest absolute Gasteiger partial charge is 0.305 e. The Kier molecular flexibility index (Phi) is 5.28. The number of hydrogen-bond acceptors (Lipinski definition) is 3. The molecule has 2 aromatic rings. The van der Waals surface area contributed by atoms with Crippen molar-refractivity contribution in [3.63, 3.8) is 0 Å². The van der Waals surface area contributed by atoms with Crippen LogP contribution in [0.2, 0.25) is 0 Å². The van der Waals surface area contributed by atoms with Gasteiger partial charge < -0.3 is 10.4 Å². The van der Waals surface area contributed by atoms with E-state index in [1.165, 1.54) is 5.56 Å². The summed E-state index contributed by atoms with van der Waals surface area (Å²) in [5.74, 6) is -0.802. The summed E-state index contributed by atoms with van der Waals surface area (Å²) in [4.78, 5) is 15.4. The van der Waals surface area contributed by atoms with Gasteiger partial charge in [-0.05, 0) is 55.2 Å². The van der Waals surface area contributed by atoms with Crippen LogP contribution in [0.15, 0.2) is 36.5 Å². The molecule has 4 heteroatoms. The van der Waals surface area contributed by atoms with E-state index in [2.05, 4.69) is 10.3 Å². The molecule has 0 radical (unpaired) electrons. The summed E-state index contributed by atoms with van der Waals surface area (Å²) in [7, 11) is 0. The Morgan fingerprint density at radius 3 is 2.73 bits per heavy atom. The van der Waals surface area contributed by atoms with Gasteiger partial charge in [-0.25, -0.2) is 0 Å². The van der Waals surface area contributed by atoms with Crippen molar-refractivity contribution >= 4 is 5.97 Å². The first-order chi connectivity index (χ1) is 10.5. The molecule has 0 spiro atoms. The zero-order valence-corrected chi connectivity index (χ0v) is 13.3. The number of nitrogens with zero attached hydrogens (tertiary/aromatic N) is 1. The Morgan fingerprint density at radius 1 is 1.27 bits per heavy atom. The van der Waals surface area contributed by atoms with Crippen LogP contribution in [0.25, 0.3) is 0 Å². The molecular formula is C18H22N2O2. The van der Waals surface area contributed by atoms with E-state index < -0.39 is 5.97 Å². The van der Waals surface area contributed by atoms with E-state index in [4.69, 9.17) is 0 Å². The van der Waals surface area contributed by atoms with Crippen LogP contribution < -0.4 is 5.32 Å². The lowest BCUT2D eigenvalue weighted by atomic mass is 9.95. The van der Waals surface area contributed by atoms with Crippen molar-refractivity contribution in [2.24, 2.45) is 0 Å². The van der Waals surface area contributed by atoms with Crippen molar-refractivity contribution in [2.45, 2.75) is 39.8 Å². The monoisotopic (exact) mass is 298 g/mol. The molecule has 1 heterocycles. The minimum Gasteiger partial charge on any atom is -0.481 e. The Bertz CT molecular complexity index is 668. The molecule has 116 valence electrons. The van der Waals surface area contributed by atoms with Gasteiger partial charge in [-0.3, -0.25) is 9.78 Å². The first-order valence-corrected chi connectivity index (χ1v) is 7.40. The predicted octanol–water partition coefficient (Wildman–Crippen LogP) is 3.31. The molecule has 1 aromatic heterocycles. The molecule has 0 aliphatic carbocycles. The molecule has 0 aliphatic heterocycles. The molecule has 1 aromatic carbocycles. The molecule has 4 nitrogen and oxygen atoms in total. The van der Waals surface area contributed by atoms with Crippen LogP contribution in [-0.2, 0) is 11.3 Å². The fourth-order valence-corrected chi connectivity index (χ4v) is 2.57. The maximum atomic E-state index is 11.2. The van der Waals surface area contributed by atoms with Crippen molar-refractivity contribution < 1.29 is 9.90 Å². The van der Waals surface area contributed by atoms with Crippen molar-refractivity contribution in [3.8, 4) is 0 Å². The van der Waals surface area contributed by atoms with Crippen LogP contribution in [0.5, 0.6) is 0 Å². The maximum absolute atomic E-state index is 11.2. The van der Waals surface area contributed by atoms with Gasteiger partial charge in [-0.15, -0.1) is 0 Å². The molecule has 2 rings (SSSR count). The molecule has 2 N–H and O–H groups in total. The van der Waals surface area contributed by atoms with Gasteiger partial charge in [-0.2, -0.15) is 0 Å². The molecule has 0 saturated heterocycles. The van der Waals surface area contributed by atoms with Gasteiger partial charge >= 0.3 is 5.97 Å². The van der Waals surface area contributed by atoms with E-state index in [1.54, 1.807) is 6.20 Å². The lowest BCUT2D eigenvalue weighted by Crippen LogP contribution is -2.24. The number of carboxylic acid groups (broad SMARTS) is 1. The highest BCUT2D eigenvalue weighted by Gasteiger charge is 2.17. The number of hydrogen-bond donors (Lipinski definition) is 2. The fourth-order valence-electron chi connectivity index (χ4n) is 2.57. The summed E-state index contributed by atoms with van der Waals surface area (Å²) in [6.45, 7) is 6.65. The van der Waals surface area contributed by atoms with Crippen LogP contribution in [0.4, 0.5) is 0 Å². The van der Waals surface area contributed by atoms with E-state index in [-0.39, 0.29) is 12.5 Å². The third-order valence-corrected chi connectivity index (χ3v) is 3.91. The van der Waals surface area contributed by atoms with Crippen LogP contribution in [0, 0.1) is 20.8 Å². The largest absolute Gasteiger partial charge is 0.481 e. The van der Waals surface area contributed by atoms with Gasteiger partial charge in [0.1, 0.15) is 0 Å². The lowest BCUT2D eigenvalue weighted by molar-refractivity contribution is -0.137. The van der Waals surface area contributed by atoms with Gasteiger partial charge in [0.2, 0.25) is 0 Å². The highest BCUT2D eigenvalue weighted by Crippen LogP contribution is 2.23. The Hall–Kier alpha value is -2.20. The number of aromatic nitrogens is 1. The molecule has 1 atom stereocenters. The third-order valence-electron chi connectivity index (χ3n) is 3.91. The molecule has 0 unspecified atom stereocenters. The number of aliphatic carboxylic acids is 1. The Labute approximate surface area is 131 Å². The first-order valence-electron chi connectivity index (χ1n) is 7.40. The number of carboxylic acids is 1. The average Bonchev–Trinajstić information content (AvgIpc) is 2.46. The quantitative estimate of drug-likeness (QED) is 0.859. The second-order valence-corrected chi connectivity index (χ2v) is 5.63. The summed E-state index contributed by atoms with van der Waals surface area (Å²) >= 11 is 0. The number of rotatable bonds is 6. The number of pyridine rings is 1. The van der Waals surface area contributed by atoms with E-state index in [1.807, 2.05) is 51.1 Å². The van der Waals surface area contributed by atoms with E-state index in [0.29, 0.717) is 6.54 Å². The minimum atomic E-state index is -0.802. The summed E-state index contributed by atoms with van der Waals surface area (Å²) in [5, 5.41) is 12.6. The van der Waals surface area contributed by atoms with Crippen LogP contribution in [0.3, 0.4) is 0 Å². The number of benzene rings is 1. The minimum absolute atomic E-state index is 0.0638. The van der Waals surface area contributed by atoms with Crippen molar-refractivity contribution in [1.29, 1.82) is 0 Å². The van der Waals surface area contributed by atoms with Gasteiger partial charge in [0.15, 0.2) is 0 Å². The van der Waals surface area contributed by atoms with Crippen LogP contribution in [0.1, 0.15) is 40.4 Å². The third kappa shape index (κ3) is 4.15. The van der Waals surface area contributed by atoms with Gasteiger partial charge in [0, 0.05) is 24.5 Å². The van der Waals surface area contributed by atoms with Crippen molar-refractivity contribution in [3.05, 3.63) is 64.5 Å². The Balaban J connectivity index is 2.19. The lowest BCUT2D eigenvalue weighted by Gasteiger charge is -2.20. The fraction of sp³-hybridized carbons (Fsp3) is 0.333. The highest BCUT2D eigenvalue weighted by molar-refractivity contribution is 5.68. The number of aryl methyl sites for hydroxylation is 2. The van der Waals surface area contributed by atoms with E-state index >= 15 is 0 Å². The van der Waals surface area contributed by atoms with Crippen molar-refractivity contribution in [1.82, 2.24) is 10.3 Å². The molecule has 0 amide bonds. The SMILES string of the molecule is Cc1cc(CN[C@H](CC(=O)O)c2cccc(C)c2C)ccn1. The van der Waals surface area contributed by atoms with Gasteiger partial charge in [0.25, 0.3) is 0 Å². The number of carbonyl (C=O) groups is 1. The predicted molar refractivity (Wildman–Crippen MR) is 86.7 cm³/mol. The highest BCUT2D eigenvalue weighted by atomic mass is 16.4. The second-order valence-electron chi connectivity index (χ2n) is 5.63. The maximum Gasteiger partial charge on any atom is 0.305 e. The zero-order chi connectivity index (χ0) is 16.1. The topological polar surface area (TPSA) is 62.2 Å². The molecule has 0 saturated carbocycles. The summed E-state index contributed by atoms with van der Waals surface area (Å²) in [5.41, 5.74) is 5.43. The Morgan fingerprint density at radius 2 is 2.05 bits per heavy atom. The van der Waals surface area contributed by atoms with Crippen LogP contribution in [-0.4, -0.2) is 16.1 Å². The van der Waals surface area contributed by atoms with E-state index in [0.717, 1.165) is 22.4 Å². The van der Waals surface area contributed by atoms with Crippen LogP contribution >= 0.6 is 0 Å². The molecule has 22 heavy (non-hydrogen) atoms. The first kappa shape index (κ1) is 16.2.